The van der Waals surface area contributed by atoms with Gasteiger partial charge in [0.15, 0.2) is 14.0 Å². The molecule has 1 saturated heterocycles. The number of allylic oxidation sites excluding steroid dienone is 1. The van der Waals surface area contributed by atoms with Crippen LogP contribution in [0.2, 0.25) is 18.1 Å². The first-order chi connectivity index (χ1) is 16.9. The van der Waals surface area contributed by atoms with Crippen LogP contribution in [-0.2, 0) is 33.1 Å². The molecule has 0 N–H and O–H groups in total. The molecular formula is C25H36ClNO7S2Si. The van der Waals surface area contributed by atoms with Crippen molar-refractivity contribution in [3.8, 4) is 0 Å². The maximum absolute atomic E-state index is 13.7. The summed E-state index contributed by atoms with van der Waals surface area (Å²) in [4.78, 5) is 28.8. The van der Waals surface area contributed by atoms with Crippen LogP contribution < -0.4 is 0 Å². The zero-order chi connectivity index (χ0) is 28.3. The third-order valence-corrected chi connectivity index (χ3v) is 12.8. The average Bonchev–Trinajstić information content (AvgIpc) is 2.73. The van der Waals surface area contributed by atoms with E-state index in [0.717, 1.165) is 11.2 Å². The first kappa shape index (κ1) is 31.4. The number of carbonyl (C=O) groups is 2. The molecular weight excluding hydrogens is 554 g/mol. The lowest BCUT2D eigenvalue weighted by atomic mass is 9.92. The molecule has 1 heterocycles. The number of thioether (sulfide) groups is 1. The number of carbonyl (C=O) groups excluding carboxylic acids is 2. The third kappa shape index (κ3) is 8.09. The van der Waals surface area contributed by atoms with E-state index in [1.54, 1.807) is 0 Å². The number of benzene rings is 1. The number of likely N-dealkylation sites (tertiary alicyclic amines) is 1. The van der Waals surface area contributed by atoms with E-state index in [1.807, 2.05) is 37.3 Å². The predicted octanol–water partition coefficient (Wildman–Crippen LogP) is 5.48. The Morgan fingerprint density at radius 1 is 1.24 bits per heavy atom. The summed E-state index contributed by atoms with van der Waals surface area (Å²) >= 11 is 7.12. The van der Waals surface area contributed by atoms with Gasteiger partial charge in [0.2, 0.25) is 5.91 Å². The second-order valence-corrected chi connectivity index (χ2v) is 18.5. The van der Waals surface area contributed by atoms with Gasteiger partial charge in [-0.1, -0.05) is 68.9 Å². The van der Waals surface area contributed by atoms with Gasteiger partial charge in [-0.15, -0.1) is 0 Å². The minimum absolute atomic E-state index is 0.0637. The highest BCUT2D eigenvalue weighted by Crippen LogP contribution is 2.47. The molecule has 0 aromatic heterocycles. The van der Waals surface area contributed by atoms with Gasteiger partial charge >= 0.3 is 16.1 Å². The molecule has 0 radical (unpaired) electrons. The quantitative estimate of drug-likeness (QED) is 0.0836. The van der Waals surface area contributed by atoms with E-state index in [-0.39, 0.29) is 28.1 Å². The van der Waals surface area contributed by atoms with Gasteiger partial charge in [-0.25, -0.2) is 4.79 Å². The maximum atomic E-state index is 13.7. The topological polar surface area (TPSA) is 99.2 Å². The number of amides is 1. The van der Waals surface area contributed by atoms with E-state index in [4.69, 9.17) is 24.9 Å². The van der Waals surface area contributed by atoms with Gasteiger partial charge in [0.1, 0.15) is 17.7 Å². The molecule has 1 aromatic rings. The van der Waals surface area contributed by atoms with Crippen molar-refractivity contribution in [1.82, 2.24) is 4.90 Å². The number of β-lactam (4-membered cyclic amide) rings is 1. The fraction of sp³-hybridized carbons (Fsp3) is 0.520. The van der Waals surface area contributed by atoms with Crippen LogP contribution in [0.3, 0.4) is 0 Å². The molecule has 0 unspecified atom stereocenters. The van der Waals surface area contributed by atoms with E-state index in [2.05, 4.69) is 40.4 Å². The lowest BCUT2D eigenvalue weighted by Crippen LogP contribution is -2.64. The van der Waals surface area contributed by atoms with E-state index in [1.165, 1.54) is 23.6 Å². The second kappa shape index (κ2) is 11.9. The summed E-state index contributed by atoms with van der Waals surface area (Å²) < 4.78 is 40.5. The summed E-state index contributed by atoms with van der Waals surface area (Å²) in [5.74, 6) is -2.23. The normalized spacial score (nSPS) is 20.0. The molecule has 0 bridgehead atoms. The van der Waals surface area contributed by atoms with E-state index >= 15 is 0 Å². The van der Waals surface area contributed by atoms with Crippen molar-refractivity contribution in [2.24, 2.45) is 5.92 Å². The molecule has 2 rings (SSSR count). The number of halogens is 1. The number of rotatable bonds is 11. The van der Waals surface area contributed by atoms with Gasteiger partial charge in [0.05, 0.1) is 18.3 Å². The molecule has 12 heteroatoms. The molecule has 3 atom stereocenters. The fourth-order valence-electron chi connectivity index (χ4n) is 3.53. The lowest BCUT2D eigenvalue weighted by molar-refractivity contribution is -0.158. The van der Waals surface area contributed by atoms with Crippen molar-refractivity contribution in [3.05, 3.63) is 53.4 Å². The van der Waals surface area contributed by atoms with Crippen LogP contribution in [-0.4, -0.2) is 57.9 Å². The number of ether oxygens (including phenoxy) is 1. The van der Waals surface area contributed by atoms with E-state index in [0.29, 0.717) is 0 Å². The van der Waals surface area contributed by atoms with Crippen LogP contribution in [0.1, 0.15) is 34.6 Å². The molecule has 1 aliphatic rings. The maximum Gasteiger partial charge on any atom is 0.359 e. The van der Waals surface area contributed by atoms with Crippen LogP contribution in [0.25, 0.3) is 0 Å². The van der Waals surface area contributed by atoms with Gasteiger partial charge in [-0.3, -0.25) is 9.69 Å². The summed E-state index contributed by atoms with van der Waals surface area (Å²) in [5.41, 5.74) is -0.308. The van der Waals surface area contributed by atoms with Crippen molar-refractivity contribution in [2.75, 3.05) is 12.9 Å². The molecule has 0 saturated carbocycles. The third-order valence-electron chi connectivity index (χ3n) is 6.28. The monoisotopic (exact) mass is 589 g/mol. The summed E-state index contributed by atoms with van der Waals surface area (Å²) in [6, 6.07) is 9.39. The van der Waals surface area contributed by atoms with Crippen molar-refractivity contribution in [2.45, 2.75) is 69.1 Å². The first-order valence-electron chi connectivity index (χ1n) is 11.7. The Morgan fingerprint density at radius 3 is 2.30 bits per heavy atom. The Kier molecular flexibility index (Phi) is 10.1. The standard InChI is InChI=1S/C25H36ClNO7S2Si/c1-16(26)15-32-24(29)21(18(3)33-36(7,30)31)27-22(28)20(17(2)34-37(8,9)25(4,5)6)23(27)35-19-13-11-10-12-14-19/h10-14,17,20,23H,1,15H2,2-9H3/b21-18+/t17-,20+,23-/m1/s1. The highest BCUT2D eigenvalue weighted by molar-refractivity contribution is 8.00. The Balaban J connectivity index is 2.54. The van der Waals surface area contributed by atoms with Crippen LogP contribution in [0.4, 0.5) is 0 Å². The van der Waals surface area contributed by atoms with Gasteiger partial charge in [0, 0.05) is 9.93 Å². The Hall–Kier alpha value is -1.79. The summed E-state index contributed by atoms with van der Waals surface area (Å²) in [6.07, 6.45) is 0.397. The molecule has 1 fully saturated rings. The molecule has 8 nitrogen and oxygen atoms in total. The zero-order valence-corrected chi connectivity index (χ0v) is 25.9. The second-order valence-electron chi connectivity index (χ2n) is 10.4. The molecule has 0 spiro atoms. The minimum Gasteiger partial charge on any atom is -0.455 e. The highest BCUT2D eigenvalue weighted by atomic mass is 35.5. The predicted molar refractivity (Wildman–Crippen MR) is 149 cm³/mol. The summed E-state index contributed by atoms with van der Waals surface area (Å²) in [6.45, 7) is 16.9. The van der Waals surface area contributed by atoms with Gasteiger partial charge < -0.3 is 13.3 Å². The molecule has 37 heavy (non-hydrogen) atoms. The van der Waals surface area contributed by atoms with Crippen molar-refractivity contribution >= 4 is 53.7 Å². The Labute approximate surface area is 230 Å². The van der Waals surface area contributed by atoms with Crippen LogP contribution in [0.5, 0.6) is 0 Å². The molecule has 206 valence electrons. The lowest BCUT2D eigenvalue weighted by Gasteiger charge is -2.51. The van der Waals surface area contributed by atoms with Gasteiger partial charge in [-0.2, -0.15) is 8.42 Å². The number of hydrogen-bond acceptors (Lipinski definition) is 8. The highest BCUT2D eigenvalue weighted by Gasteiger charge is 2.56. The summed E-state index contributed by atoms with van der Waals surface area (Å²) in [5, 5.41) is -0.600. The largest absolute Gasteiger partial charge is 0.455 e. The fourth-order valence-corrected chi connectivity index (χ4v) is 6.94. The van der Waals surface area contributed by atoms with Gasteiger partial charge in [-0.05, 0) is 44.1 Å². The summed E-state index contributed by atoms with van der Waals surface area (Å²) in [7, 11) is -6.21. The molecule has 1 aliphatic heterocycles. The van der Waals surface area contributed by atoms with Crippen molar-refractivity contribution < 1.29 is 31.4 Å². The first-order valence-corrected chi connectivity index (χ1v) is 17.7. The number of nitrogens with zero attached hydrogens (tertiary/aromatic N) is 1. The Bertz CT molecular complexity index is 1160. The molecule has 0 aliphatic carbocycles. The number of hydrogen-bond donors (Lipinski definition) is 0. The van der Waals surface area contributed by atoms with Crippen LogP contribution >= 0.6 is 23.4 Å². The van der Waals surface area contributed by atoms with Crippen molar-refractivity contribution in [1.29, 1.82) is 0 Å². The number of esters is 1. The van der Waals surface area contributed by atoms with Crippen LogP contribution in [0.15, 0.2) is 58.3 Å². The SMILES string of the molecule is C=C(Cl)COC(=O)/C(=C(/C)OS(C)(=O)=O)N1C(=O)[C@H]([C@@H](C)O[Si](C)(C)C(C)(C)C)[C@H]1Sc1ccccc1. The molecule has 1 amide bonds. The average molecular weight is 590 g/mol. The van der Waals surface area contributed by atoms with Crippen molar-refractivity contribution in [3.63, 3.8) is 0 Å². The van der Waals surface area contributed by atoms with E-state index in [9.17, 15) is 18.0 Å². The smallest absolute Gasteiger partial charge is 0.359 e. The zero-order valence-electron chi connectivity index (χ0n) is 22.5. The molecule has 1 aromatic carbocycles. The van der Waals surface area contributed by atoms with Crippen LogP contribution in [0, 0.1) is 5.92 Å². The van der Waals surface area contributed by atoms with E-state index < -0.39 is 47.7 Å². The minimum atomic E-state index is -3.99. The van der Waals surface area contributed by atoms with Gasteiger partial charge in [0.25, 0.3) is 0 Å². The Morgan fingerprint density at radius 2 is 1.81 bits per heavy atom.